The van der Waals surface area contributed by atoms with Crippen LogP contribution in [0.1, 0.15) is 77.6 Å². The Morgan fingerprint density at radius 1 is 0.833 bits per heavy atom. The van der Waals surface area contributed by atoms with E-state index in [-0.39, 0.29) is 12.7 Å². The van der Waals surface area contributed by atoms with Crippen LogP contribution < -0.4 is 0 Å². The van der Waals surface area contributed by atoms with Crippen molar-refractivity contribution in [2.75, 3.05) is 6.61 Å². The lowest BCUT2D eigenvalue weighted by molar-refractivity contribution is 0.163. The molecule has 2 nitrogen and oxygen atoms in total. The minimum Gasteiger partial charge on any atom is -0.393 e. The molecule has 0 bridgehead atoms. The van der Waals surface area contributed by atoms with Crippen molar-refractivity contribution in [2.24, 2.45) is 0 Å². The SMILES string of the molecule is CCCCCCCCCCC[C@@H](O)C/C=C/CO. The zero-order valence-electron chi connectivity index (χ0n) is 12.1. The lowest BCUT2D eigenvalue weighted by atomic mass is 10.0. The average Bonchev–Trinajstić information content (AvgIpc) is 2.37. The molecule has 0 aliphatic heterocycles. The van der Waals surface area contributed by atoms with Gasteiger partial charge in [-0.25, -0.2) is 0 Å². The van der Waals surface area contributed by atoms with Crippen molar-refractivity contribution in [3.63, 3.8) is 0 Å². The zero-order chi connectivity index (χ0) is 13.5. The first-order valence-corrected chi connectivity index (χ1v) is 7.75. The molecule has 0 saturated heterocycles. The van der Waals surface area contributed by atoms with Crippen LogP contribution in [0.2, 0.25) is 0 Å². The molecule has 0 radical (unpaired) electrons. The van der Waals surface area contributed by atoms with Gasteiger partial charge in [0.05, 0.1) is 12.7 Å². The molecule has 0 aliphatic carbocycles. The van der Waals surface area contributed by atoms with E-state index in [9.17, 15) is 5.11 Å². The van der Waals surface area contributed by atoms with Crippen LogP contribution in [0.15, 0.2) is 12.2 Å². The summed E-state index contributed by atoms with van der Waals surface area (Å²) < 4.78 is 0. The van der Waals surface area contributed by atoms with E-state index in [2.05, 4.69) is 6.92 Å². The first-order chi connectivity index (χ1) is 8.81. The van der Waals surface area contributed by atoms with E-state index in [1.165, 1.54) is 51.4 Å². The quantitative estimate of drug-likeness (QED) is 0.383. The third-order valence-electron chi connectivity index (χ3n) is 3.32. The Labute approximate surface area is 113 Å². The molecule has 0 amide bonds. The molecule has 2 heteroatoms. The molecule has 0 rings (SSSR count). The number of unbranched alkanes of at least 4 members (excludes halogenated alkanes) is 8. The Morgan fingerprint density at radius 3 is 1.94 bits per heavy atom. The van der Waals surface area contributed by atoms with Crippen molar-refractivity contribution in [1.29, 1.82) is 0 Å². The third-order valence-corrected chi connectivity index (χ3v) is 3.32. The second-order valence-electron chi connectivity index (χ2n) is 5.16. The van der Waals surface area contributed by atoms with Gasteiger partial charge in [-0.05, 0) is 12.8 Å². The normalized spacial score (nSPS) is 13.3. The lowest BCUT2D eigenvalue weighted by Crippen LogP contribution is -2.04. The van der Waals surface area contributed by atoms with Gasteiger partial charge in [-0.2, -0.15) is 0 Å². The first kappa shape index (κ1) is 17.7. The molecule has 0 aromatic heterocycles. The van der Waals surface area contributed by atoms with Crippen LogP contribution in [-0.4, -0.2) is 22.9 Å². The summed E-state index contributed by atoms with van der Waals surface area (Å²) in [6.07, 6.45) is 16.8. The molecule has 0 aromatic rings. The minimum absolute atomic E-state index is 0.0742. The Morgan fingerprint density at radius 2 is 1.39 bits per heavy atom. The fourth-order valence-electron chi connectivity index (χ4n) is 2.14. The molecule has 108 valence electrons. The zero-order valence-corrected chi connectivity index (χ0v) is 12.1. The third kappa shape index (κ3) is 13.7. The maximum Gasteiger partial charge on any atom is 0.0612 e. The standard InChI is InChI=1S/C16H32O2/c1-2-3-4-5-6-7-8-9-10-13-16(18)14-11-12-15-17/h11-12,16-18H,2-10,13-15H2,1H3/b12-11+/t16-/m1/s1. The highest BCUT2D eigenvalue weighted by molar-refractivity contribution is 4.83. The van der Waals surface area contributed by atoms with Gasteiger partial charge in [-0.15, -0.1) is 0 Å². The first-order valence-electron chi connectivity index (χ1n) is 7.75. The summed E-state index contributed by atoms with van der Waals surface area (Å²) >= 11 is 0. The van der Waals surface area contributed by atoms with Gasteiger partial charge >= 0.3 is 0 Å². The molecule has 0 spiro atoms. The van der Waals surface area contributed by atoms with E-state index in [4.69, 9.17) is 5.11 Å². The van der Waals surface area contributed by atoms with Crippen molar-refractivity contribution in [3.8, 4) is 0 Å². The molecular formula is C16H32O2. The fraction of sp³-hybridized carbons (Fsp3) is 0.875. The predicted octanol–water partition coefficient (Wildman–Crippen LogP) is 4.21. The van der Waals surface area contributed by atoms with E-state index < -0.39 is 0 Å². The van der Waals surface area contributed by atoms with Gasteiger partial charge in [-0.1, -0.05) is 76.9 Å². The van der Waals surface area contributed by atoms with Crippen LogP contribution in [0.4, 0.5) is 0 Å². The second kappa shape index (κ2) is 14.7. The molecule has 0 unspecified atom stereocenters. The van der Waals surface area contributed by atoms with Gasteiger partial charge < -0.3 is 10.2 Å². The van der Waals surface area contributed by atoms with Gasteiger partial charge in [0.1, 0.15) is 0 Å². The molecule has 2 N–H and O–H groups in total. The van der Waals surface area contributed by atoms with E-state index in [0.29, 0.717) is 6.42 Å². The van der Waals surface area contributed by atoms with Crippen LogP contribution >= 0.6 is 0 Å². The predicted molar refractivity (Wildman–Crippen MR) is 78.7 cm³/mol. The molecule has 0 aliphatic rings. The van der Waals surface area contributed by atoms with E-state index >= 15 is 0 Å². The summed E-state index contributed by atoms with van der Waals surface area (Å²) in [5.41, 5.74) is 0. The average molecular weight is 256 g/mol. The van der Waals surface area contributed by atoms with Gasteiger partial charge in [0, 0.05) is 0 Å². The summed E-state index contributed by atoms with van der Waals surface area (Å²) in [4.78, 5) is 0. The Bertz CT molecular complexity index is 178. The highest BCUT2D eigenvalue weighted by Gasteiger charge is 2.00. The summed E-state index contributed by atoms with van der Waals surface area (Å²) in [5, 5.41) is 18.2. The van der Waals surface area contributed by atoms with Crippen LogP contribution in [0.3, 0.4) is 0 Å². The van der Waals surface area contributed by atoms with Crippen LogP contribution in [0.5, 0.6) is 0 Å². The second-order valence-corrected chi connectivity index (χ2v) is 5.16. The number of rotatable bonds is 13. The van der Waals surface area contributed by atoms with Crippen molar-refractivity contribution in [3.05, 3.63) is 12.2 Å². The lowest BCUT2D eigenvalue weighted by Gasteiger charge is -2.07. The monoisotopic (exact) mass is 256 g/mol. The summed E-state index contributed by atoms with van der Waals surface area (Å²) in [6, 6.07) is 0. The molecule has 0 fully saturated rings. The van der Waals surface area contributed by atoms with Gasteiger partial charge in [0.25, 0.3) is 0 Å². The van der Waals surface area contributed by atoms with Crippen molar-refractivity contribution in [1.82, 2.24) is 0 Å². The van der Waals surface area contributed by atoms with Crippen molar-refractivity contribution in [2.45, 2.75) is 83.7 Å². The molecule has 0 heterocycles. The molecule has 0 aromatic carbocycles. The molecule has 1 atom stereocenters. The van der Waals surface area contributed by atoms with Crippen molar-refractivity contribution < 1.29 is 10.2 Å². The van der Waals surface area contributed by atoms with Crippen LogP contribution in [-0.2, 0) is 0 Å². The van der Waals surface area contributed by atoms with Gasteiger partial charge in [-0.3, -0.25) is 0 Å². The summed E-state index contributed by atoms with van der Waals surface area (Å²) in [5.74, 6) is 0. The largest absolute Gasteiger partial charge is 0.393 e. The minimum atomic E-state index is -0.225. The fourth-order valence-corrected chi connectivity index (χ4v) is 2.14. The summed E-state index contributed by atoms with van der Waals surface area (Å²) in [7, 11) is 0. The highest BCUT2D eigenvalue weighted by Crippen LogP contribution is 2.12. The maximum atomic E-state index is 9.64. The number of aliphatic hydroxyl groups is 2. The smallest absolute Gasteiger partial charge is 0.0612 e. The molecule has 0 saturated carbocycles. The Balaban J connectivity index is 3.12. The Kier molecular flexibility index (Phi) is 14.4. The van der Waals surface area contributed by atoms with E-state index in [1.807, 2.05) is 6.08 Å². The highest BCUT2D eigenvalue weighted by atomic mass is 16.3. The van der Waals surface area contributed by atoms with Gasteiger partial charge in [0.2, 0.25) is 0 Å². The number of aliphatic hydroxyl groups excluding tert-OH is 2. The van der Waals surface area contributed by atoms with Gasteiger partial charge in [0.15, 0.2) is 0 Å². The van der Waals surface area contributed by atoms with E-state index in [0.717, 1.165) is 12.8 Å². The Hall–Kier alpha value is -0.340. The van der Waals surface area contributed by atoms with Crippen molar-refractivity contribution >= 4 is 0 Å². The topological polar surface area (TPSA) is 40.5 Å². The van der Waals surface area contributed by atoms with Crippen LogP contribution in [0, 0.1) is 0 Å². The molecular weight excluding hydrogens is 224 g/mol. The number of hydrogen-bond acceptors (Lipinski definition) is 2. The summed E-state index contributed by atoms with van der Waals surface area (Å²) in [6.45, 7) is 2.33. The molecule has 18 heavy (non-hydrogen) atoms. The number of hydrogen-bond donors (Lipinski definition) is 2. The van der Waals surface area contributed by atoms with Crippen LogP contribution in [0.25, 0.3) is 0 Å². The van der Waals surface area contributed by atoms with E-state index in [1.54, 1.807) is 6.08 Å². The maximum absolute atomic E-state index is 9.64.